The fraction of sp³-hybridized carbons (Fsp3) is 0.364. The second-order valence-electron chi connectivity index (χ2n) is 7.42. The van der Waals surface area contributed by atoms with Gasteiger partial charge in [-0.3, -0.25) is 0 Å². The molecule has 1 fully saturated rings. The summed E-state index contributed by atoms with van der Waals surface area (Å²) in [5, 5.41) is 14.9. The van der Waals surface area contributed by atoms with Gasteiger partial charge in [0.2, 0.25) is 0 Å². The number of ether oxygens (including phenoxy) is 1. The van der Waals surface area contributed by atoms with Gasteiger partial charge in [-0.1, -0.05) is 48.5 Å². The van der Waals surface area contributed by atoms with E-state index in [1.54, 1.807) is 7.11 Å². The minimum Gasteiger partial charge on any atom is -0.496 e. The molecule has 6 nitrogen and oxygen atoms in total. The van der Waals surface area contributed by atoms with Gasteiger partial charge in [0, 0.05) is 23.9 Å². The SMILES string of the molecule is COc1ccccc1Cc1nc([C@H]2C[C@H](N)[C@@H](O)C2)n(Cc2ccccc2)n1. The fourth-order valence-electron chi connectivity index (χ4n) is 3.93. The van der Waals surface area contributed by atoms with Crippen LogP contribution in [-0.4, -0.2) is 39.1 Å². The Morgan fingerprint density at radius 2 is 1.86 bits per heavy atom. The standard InChI is InChI=1S/C22H26N4O2/c1-28-20-10-6-5-9-16(20)13-21-24-22(17-11-18(23)19(27)12-17)26(25-21)14-15-7-3-2-4-8-15/h2-10,17-19,27H,11-14,23H2,1H3/t17-,18-,19-/m0/s1. The first-order valence-corrected chi connectivity index (χ1v) is 9.67. The van der Waals surface area contributed by atoms with Crippen LogP contribution in [0, 0.1) is 0 Å². The molecule has 6 heteroatoms. The number of aliphatic hydroxyl groups is 1. The second kappa shape index (κ2) is 8.12. The predicted octanol–water partition coefficient (Wildman–Crippen LogP) is 2.49. The normalized spacial score (nSPS) is 21.8. The molecule has 3 atom stereocenters. The number of methoxy groups -OCH3 is 1. The molecule has 1 saturated carbocycles. The van der Waals surface area contributed by atoms with Crippen molar-refractivity contribution in [3.8, 4) is 5.75 Å². The van der Waals surface area contributed by atoms with Crippen LogP contribution in [0.3, 0.4) is 0 Å². The molecule has 1 aliphatic carbocycles. The van der Waals surface area contributed by atoms with Crippen LogP contribution >= 0.6 is 0 Å². The molecule has 28 heavy (non-hydrogen) atoms. The molecule has 3 aromatic rings. The van der Waals surface area contributed by atoms with Crippen molar-refractivity contribution in [1.82, 2.24) is 14.8 Å². The largest absolute Gasteiger partial charge is 0.496 e. The molecule has 0 bridgehead atoms. The summed E-state index contributed by atoms with van der Waals surface area (Å²) in [6, 6.07) is 17.9. The molecular weight excluding hydrogens is 352 g/mol. The quantitative estimate of drug-likeness (QED) is 0.688. The first kappa shape index (κ1) is 18.7. The van der Waals surface area contributed by atoms with Crippen molar-refractivity contribution < 1.29 is 9.84 Å². The lowest BCUT2D eigenvalue weighted by molar-refractivity contribution is 0.163. The summed E-state index contributed by atoms with van der Waals surface area (Å²) in [7, 11) is 1.67. The average Bonchev–Trinajstić information content (AvgIpc) is 3.25. The van der Waals surface area contributed by atoms with E-state index >= 15 is 0 Å². The Balaban J connectivity index is 1.65. The molecule has 0 saturated heterocycles. The van der Waals surface area contributed by atoms with Crippen molar-refractivity contribution in [3.63, 3.8) is 0 Å². The van der Waals surface area contributed by atoms with Crippen molar-refractivity contribution >= 4 is 0 Å². The van der Waals surface area contributed by atoms with Gasteiger partial charge in [0.1, 0.15) is 11.6 Å². The first-order chi connectivity index (χ1) is 13.6. The molecule has 0 amide bonds. The minimum atomic E-state index is -0.482. The molecular formula is C22H26N4O2. The molecule has 1 aliphatic rings. The van der Waals surface area contributed by atoms with E-state index in [-0.39, 0.29) is 12.0 Å². The lowest BCUT2D eigenvalue weighted by Crippen LogP contribution is -2.28. The molecule has 0 radical (unpaired) electrons. The van der Waals surface area contributed by atoms with Gasteiger partial charge < -0.3 is 15.6 Å². The van der Waals surface area contributed by atoms with E-state index in [2.05, 4.69) is 12.1 Å². The van der Waals surface area contributed by atoms with Gasteiger partial charge in [-0.15, -0.1) is 0 Å². The van der Waals surface area contributed by atoms with Crippen molar-refractivity contribution in [1.29, 1.82) is 0 Å². The van der Waals surface area contributed by atoms with Crippen LogP contribution in [0.5, 0.6) is 5.75 Å². The zero-order valence-electron chi connectivity index (χ0n) is 16.0. The van der Waals surface area contributed by atoms with Crippen LogP contribution in [-0.2, 0) is 13.0 Å². The number of rotatable bonds is 6. The number of para-hydroxylation sites is 1. The van der Waals surface area contributed by atoms with Crippen LogP contribution in [0.25, 0.3) is 0 Å². The maximum absolute atomic E-state index is 10.1. The summed E-state index contributed by atoms with van der Waals surface area (Å²) in [5.74, 6) is 2.61. The average molecular weight is 378 g/mol. The molecule has 2 aromatic carbocycles. The number of aromatic nitrogens is 3. The smallest absolute Gasteiger partial charge is 0.155 e. The molecule has 3 N–H and O–H groups in total. The van der Waals surface area contributed by atoms with Gasteiger partial charge in [0.25, 0.3) is 0 Å². The topological polar surface area (TPSA) is 86.2 Å². The number of aliphatic hydroxyl groups excluding tert-OH is 1. The van der Waals surface area contributed by atoms with E-state index in [0.717, 1.165) is 29.4 Å². The monoisotopic (exact) mass is 378 g/mol. The van der Waals surface area contributed by atoms with E-state index in [1.165, 1.54) is 5.56 Å². The Morgan fingerprint density at radius 1 is 1.11 bits per heavy atom. The zero-order valence-corrected chi connectivity index (χ0v) is 16.0. The third-order valence-corrected chi connectivity index (χ3v) is 5.40. The van der Waals surface area contributed by atoms with E-state index < -0.39 is 6.10 Å². The number of hydrogen-bond acceptors (Lipinski definition) is 5. The predicted molar refractivity (Wildman–Crippen MR) is 107 cm³/mol. The van der Waals surface area contributed by atoms with Crippen molar-refractivity contribution in [2.24, 2.45) is 5.73 Å². The maximum atomic E-state index is 10.1. The summed E-state index contributed by atoms with van der Waals surface area (Å²) in [4.78, 5) is 4.86. The summed E-state index contributed by atoms with van der Waals surface area (Å²) >= 11 is 0. The lowest BCUT2D eigenvalue weighted by atomic mass is 10.1. The highest BCUT2D eigenvalue weighted by atomic mass is 16.5. The van der Waals surface area contributed by atoms with Gasteiger partial charge in [-0.2, -0.15) is 5.10 Å². The third kappa shape index (κ3) is 3.93. The van der Waals surface area contributed by atoms with Crippen LogP contribution in [0.4, 0.5) is 0 Å². The Hall–Kier alpha value is -2.70. The van der Waals surface area contributed by atoms with Crippen LogP contribution in [0.15, 0.2) is 54.6 Å². The minimum absolute atomic E-state index is 0.118. The van der Waals surface area contributed by atoms with E-state index in [0.29, 0.717) is 19.4 Å². The lowest BCUT2D eigenvalue weighted by Gasteiger charge is -2.11. The van der Waals surface area contributed by atoms with Crippen molar-refractivity contribution in [2.45, 2.75) is 43.9 Å². The summed E-state index contributed by atoms with van der Waals surface area (Å²) in [6.07, 6.45) is 1.47. The van der Waals surface area contributed by atoms with Gasteiger partial charge >= 0.3 is 0 Å². The van der Waals surface area contributed by atoms with E-state index in [1.807, 2.05) is 47.1 Å². The summed E-state index contributed by atoms with van der Waals surface area (Å²) in [5.41, 5.74) is 8.27. The van der Waals surface area contributed by atoms with Gasteiger partial charge in [0.05, 0.1) is 19.8 Å². The molecule has 1 aromatic heterocycles. The number of nitrogens with two attached hydrogens (primary N) is 1. The molecule has 0 unspecified atom stereocenters. The highest BCUT2D eigenvalue weighted by Gasteiger charge is 2.34. The maximum Gasteiger partial charge on any atom is 0.155 e. The Bertz CT molecular complexity index is 915. The molecule has 4 rings (SSSR count). The van der Waals surface area contributed by atoms with Gasteiger partial charge in [-0.05, 0) is 24.5 Å². The van der Waals surface area contributed by atoms with Crippen molar-refractivity contribution in [2.75, 3.05) is 7.11 Å². The van der Waals surface area contributed by atoms with E-state index in [9.17, 15) is 5.11 Å². The number of benzene rings is 2. The fourth-order valence-corrected chi connectivity index (χ4v) is 3.93. The van der Waals surface area contributed by atoms with Crippen LogP contribution < -0.4 is 10.5 Å². The molecule has 0 aliphatic heterocycles. The van der Waals surface area contributed by atoms with Gasteiger partial charge in [-0.25, -0.2) is 9.67 Å². The highest BCUT2D eigenvalue weighted by molar-refractivity contribution is 5.35. The van der Waals surface area contributed by atoms with Gasteiger partial charge in [0.15, 0.2) is 5.82 Å². The van der Waals surface area contributed by atoms with Crippen LogP contribution in [0.2, 0.25) is 0 Å². The Kier molecular flexibility index (Phi) is 5.41. The number of nitrogens with zero attached hydrogens (tertiary/aromatic N) is 3. The zero-order chi connectivity index (χ0) is 19.5. The molecule has 146 valence electrons. The summed E-state index contributed by atoms with van der Waals surface area (Å²) < 4.78 is 7.43. The highest BCUT2D eigenvalue weighted by Crippen LogP contribution is 2.33. The van der Waals surface area contributed by atoms with Crippen LogP contribution in [0.1, 0.15) is 41.5 Å². The molecule has 0 spiro atoms. The Labute approximate surface area is 165 Å². The van der Waals surface area contributed by atoms with Crippen molar-refractivity contribution in [3.05, 3.63) is 77.4 Å². The Morgan fingerprint density at radius 3 is 2.57 bits per heavy atom. The van der Waals surface area contributed by atoms with E-state index in [4.69, 9.17) is 20.6 Å². The molecule has 1 heterocycles. The summed E-state index contributed by atoms with van der Waals surface area (Å²) in [6.45, 7) is 0.650. The third-order valence-electron chi connectivity index (χ3n) is 5.40. The second-order valence-corrected chi connectivity index (χ2v) is 7.42. The number of hydrogen-bond donors (Lipinski definition) is 2. The first-order valence-electron chi connectivity index (χ1n) is 9.67.